The van der Waals surface area contributed by atoms with Gasteiger partial charge in [-0.1, -0.05) is 0 Å². The molecule has 0 aliphatic rings. The third-order valence-electron chi connectivity index (χ3n) is 4.79. The van der Waals surface area contributed by atoms with E-state index in [1.807, 2.05) is 5.32 Å². The van der Waals surface area contributed by atoms with Crippen molar-refractivity contribution in [3.8, 4) is 11.1 Å². The Hall–Kier alpha value is -3.84. The number of carbonyl (C=O) groups excluding carboxylic acids is 1. The standard InChI is InChI=1S/C19H15F6N7O/c1-9(19(23,24)25)30-16(33)13-7-29-32-3-2-10(4-14(13)32)11-5-26-15-12(11)6-27-17(31-15)28-8-18(20,21)22/h2-7,9H,8H2,1H3,(H,30,33)(H2,26,27,28,31)/t9-/m1/s1. The monoisotopic (exact) mass is 471 g/mol. The maximum atomic E-state index is 12.8. The molecule has 0 aromatic carbocycles. The highest BCUT2D eigenvalue weighted by Crippen LogP contribution is 2.30. The third kappa shape index (κ3) is 4.68. The van der Waals surface area contributed by atoms with Crippen LogP contribution < -0.4 is 10.6 Å². The molecule has 8 nitrogen and oxygen atoms in total. The Morgan fingerprint density at radius 2 is 1.97 bits per heavy atom. The van der Waals surface area contributed by atoms with Gasteiger partial charge in [0, 0.05) is 29.5 Å². The molecule has 0 bridgehead atoms. The van der Waals surface area contributed by atoms with E-state index in [2.05, 4.69) is 25.4 Å². The van der Waals surface area contributed by atoms with Gasteiger partial charge in [-0.15, -0.1) is 0 Å². The number of alkyl halides is 6. The summed E-state index contributed by atoms with van der Waals surface area (Å²) in [6.07, 6.45) is -3.45. The van der Waals surface area contributed by atoms with E-state index < -0.39 is 30.8 Å². The van der Waals surface area contributed by atoms with Crippen molar-refractivity contribution in [1.82, 2.24) is 29.9 Å². The molecule has 0 saturated heterocycles. The predicted molar refractivity (Wildman–Crippen MR) is 106 cm³/mol. The van der Waals surface area contributed by atoms with Crippen LogP contribution in [0.4, 0.5) is 32.3 Å². The summed E-state index contributed by atoms with van der Waals surface area (Å²) in [5.41, 5.74) is 1.62. The van der Waals surface area contributed by atoms with Crippen LogP contribution in [-0.2, 0) is 0 Å². The largest absolute Gasteiger partial charge is 0.408 e. The molecule has 1 atom stereocenters. The normalized spacial score (nSPS) is 13.4. The smallest absolute Gasteiger partial charge is 0.345 e. The van der Waals surface area contributed by atoms with Crippen molar-refractivity contribution in [2.24, 2.45) is 0 Å². The number of hydrogen-bond acceptors (Lipinski definition) is 5. The van der Waals surface area contributed by atoms with Gasteiger partial charge < -0.3 is 15.6 Å². The minimum Gasteiger partial charge on any atom is -0.345 e. The van der Waals surface area contributed by atoms with E-state index in [1.165, 1.54) is 16.9 Å². The van der Waals surface area contributed by atoms with Gasteiger partial charge in [-0.2, -0.15) is 36.4 Å². The molecule has 174 valence electrons. The summed E-state index contributed by atoms with van der Waals surface area (Å²) in [4.78, 5) is 23.1. The molecular weight excluding hydrogens is 456 g/mol. The Bertz CT molecular complexity index is 1320. The minimum atomic E-state index is -4.60. The van der Waals surface area contributed by atoms with Crippen molar-refractivity contribution in [2.75, 3.05) is 11.9 Å². The van der Waals surface area contributed by atoms with E-state index in [-0.39, 0.29) is 22.7 Å². The fourth-order valence-corrected chi connectivity index (χ4v) is 3.09. The molecule has 4 heterocycles. The van der Waals surface area contributed by atoms with Gasteiger partial charge in [-0.25, -0.2) is 9.50 Å². The molecule has 1 amide bonds. The number of halogens is 6. The fourth-order valence-electron chi connectivity index (χ4n) is 3.09. The first-order valence-corrected chi connectivity index (χ1v) is 9.42. The molecule has 0 aliphatic carbocycles. The number of hydrogen-bond donors (Lipinski definition) is 3. The first kappa shape index (κ1) is 22.4. The molecule has 0 saturated carbocycles. The molecule has 0 fully saturated rings. The summed E-state index contributed by atoms with van der Waals surface area (Å²) >= 11 is 0. The minimum absolute atomic E-state index is 0.0531. The molecule has 0 unspecified atom stereocenters. The first-order chi connectivity index (χ1) is 15.4. The van der Waals surface area contributed by atoms with E-state index in [0.717, 1.165) is 13.1 Å². The van der Waals surface area contributed by atoms with E-state index in [4.69, 9.17) is 0 Å². The molecule has 33 heavy (non-hydrogen) atoms. The summed E-state index contributed by atoms with van der Waals surface area (Å²) in [6, 6.07) is 1.16. The van der Waals surface area contributed by atoms with Gasteiger partial charge in [0.05, 0.1) is 17.3 Å². The summed E-state index contributed by atoms with van der Waals surface area (Å²) < 4.78 is 76.8. The van der Waals surface area contributed by atoms with Gasteiger partial charge in [0.15, 0.2) is 0 Å². The van der Waals surface area contributed by atoms with Gasteiger partial charge in [0.2, 0.25) is 5.95 Å². The molecule has 3 N–H and O–H groups in total. The summed E-state index contributed by atoms with van der Waals surface area (Å²) in [7, 11) is 0. The van der Waals surface area contributed by atoms with Crippen molar-refractivity contribution in [2.45, 2.75) is 25.3 Å². The number of aromatic amines is 1. The Morgan fingerprint density at radius 1 is 1.21 bits per heavy atom. The van der Waals surface area contributed by atoms with Crippen LogP contribution in [0.5, 0.6) is 0 Å². The van der Waals surface area contributed by atoms with Crippen LogP contribution in [0.25, 0.3) is 27.7 Å². The Labute approximate surface area is 181 Å². The average molecular weight is 471 g/mol. The third-order valence-corrected chi connectivity index (χ3v) is 4.79. The number of rotatable bonds is 5. The lowest BCUT2D eigenvalue weighted by Gasteiger charge is -2.16. The molecule has 4 rings (SSSR count). The number of aromatic nitrogens is 5. The van der Waals surface area contributed by atoms with E-state index >= 15 is 0 Å². The lowest BCUT2D eigenvalue weighted by Crippen LogP contribution is -2.43. The van der Waals surface area contributed by atoms with Crippen molar-refractivity contribution >= 4 is 28.4 Å². The topological polar surface area (TPSA) is 100 Å². The molecule has 0 aliphatic heterocycles. The van der Waals surface area contributed by atoms with Gasteiger partial charge in [-0.05, 0) is 24.6 Å². The Balaban J connectivity index is 1.65. The lowest BCUT2D eigenvalue weighted by atomic mass is 10.1. The number of H-pyrrole nitrogens is 1. The van der Waals surface area contributed by atoms with Crippen LogP contribution in [0.3, 0.4) is 0 Å². The number of pyridine rings is 1. The Morgan fingerprint density at radius 3 is 2.67 bits per heavy atom. The number of carbonyl (C=O) groups is 1. The van der Waals surface area contributed by atoms with Crippen molar-refractivity contribution < 1.29 is 31.1 Å². The second kappa shape index (κ2) is 7.94. The van der Waals surface area contributed by atoms with Gasteiger partial charge in [0.1, 0.15) is 18.2 Å². The highest BCUT2D eigenvalue weighted by Gasteiger charge is 2.37. The maximum Gasteiger partial charge on any atom is 0.408 e. The lowest BCUT2D eigenvalue weighted by molar-refractivity contribution is -0.149. The van der Waals surface area contributed by atoms with Crippen molar-refractivity contribution in [1.29, 1.82) is 0 Å². The van der Waals surface area contributed by atoms with Crippen LogP contribution in [-0.4, -0.2) is 55.4 Å². The molecule has 14 heteroatoms. The van der Waals surface area contributed by atoms with Crippen LogP contribution in [0.2, 0.25) is 0 Å². The fraction of sp³-hybridized carbons (Fsp3) is 0.263. The zero-order valence-electron chi connectivity index (χ0n) is 16.7. The molecule has 4 aromatic rings. The molecule has 4 aromatic heterocycles. The maximum absolute atomic E-state index is 12.8. The molecule has 0 radical (unpaired) electrons. The van der Waals surface area contributed by atoms with Crippen molar-refractivity contribution in [3.63, 3.8) is 0 Å². The number of amides is 1. The van der Waals surface area contributed by atoms with Crippen LogP contribution in [0, 0.1) is 0 Å². The van der Waals surface area contributed by atoms with E-state index in [1.54, 1.807) is 18.3 Å². The summed E-state index contributed by atoms with van der Waals surface area (Å²) in [6.45, 7) is -0.458. The Kier molecular flexibility index (Phi) is 5.38. The zero-order chi connectivity index (χ0) is 24.0. The van der Waals surface area contributed by atoms with Gasteiger partial charge >= 0.3 is 12.4 Å². The summed E-state index contributed by atoms with van der Waals surface area (Å²) in [5, 5.41) is 8.47. The zero-order valence-corrected chi connectivity index (χ0v) is 16.7. The van der Waals surface area contributed by atoms with Crippen LogP contribution in [0.15, 0.2) is 36.9 Å². The van der Waals surface area contributed by atoms with Gasteiger partial charge in [-0.3, -0.25) is 4.79 Å². The predicted octanol–water partition coefficient (Wildman–Crippen LogP) is 3.93. The van der Waals surface area contributed by atoms with Crippen LogP contribution in [0.1, 0.15) is 17.3 Å². The van der Waals surface area contributed by atoms with E-state index in [0.29, 0.717) is 16.5 Å². The first-order valence-electron chi connectivity index (χ1n) is 9.42. The van der Waals surface area contributed by atoms with E-state index in [9.17, 15) is 31.1 Å². The number of anilines is 1. The molecule has 0 spiro atoms. The highest BCUT2D eigenvalue weighted by molar-refractivity contribution is 6.02. The van der Waals surface area contributed by atoms with Crippen LogP contribution >= 0.6 is 0 Å². The SMILES string of the molecule is C[C@@H](NC(=O)c1cnn2ccc(-c3c[nH]c4nc(NCC(F)(F)F)ncc34)cc12)C(F)(F)F. The van der Waals surface area contributed by atoms with Gasteiger partial charge in [0.25, 0.3) is 5.91 Å². The second-order valence-corrected chi connectivity index (χ2v) is 7.17. The number of fused-ring (bicyclic) bond motifs is 2. The second-order valence-electron chi connectivity index (χ2n) is 7.17. The molecular formula is C19H15F6N7O. The highest BCUT2D eigenvalue weighted by atomic mass is 19.4. The summed E-state index contributed by atoms with van der Waals surface area (Å²) in [5.74, 6) is -1.15. The number of nitrogens with zero attached hydrogens (tertiary/aromatic N) is 4. The number of nitrogens with one attached hydrogen (secondary N) is 3. The quantitative estimate of drug-likeness (QED) is 0.383. The average Bonchev–Trinajstić information content (AvgIpc) is 3.34. The van der Waals surface area contributed by atoms with Crippen molar-refractivity contribution in [3.05, 3.63) is 42.5 Å².